The normalized spacial score (nSPS) is 15.8. The summed E-state index contributed by atoms with van der Waals surface area (Å²) in [5, 5.41) is 10.6. The van der Waals surface area contributed by atoms with Crippen LogP contribution in [0.1, 0.15) is 18.0 Å². The third-order valence-corrected chi connectivity index (χ3v) is 5.42. The summed E-state index contributed by atoms with van der Waals surface area (Å²) in [6.07, 6.45) is 1.71. The topological polar surface area (TPSA) is 102 Å². The van der Waals surface area contributed by atoms with Crippen LogP contribution in [0, 0.1) is 0 Å². The minimum atomic E-state index is -0.204. The zero-order chi connectivity index (χ0) is 18.1. The molecule has 1 aliphatic heterocycles. The molecule has 3 heterocycles. The third kappa shape index (κ3) is 3.05. The number of methoxy groups -OCH3 is 1. The summed E-state index contributed by atoms with van der Waals surface area (Å²) in [7, 11) is 1.61. The quantitative estimate of drug-likeness (QED) is 0.659. The SMILES string of the molecule is COc1ccc(CNC(=O)CC2CSc3nc4[nH]ncc4c(=O)n32)cc1. The molecule has 1 amide bonds. The van der Waals surface area contributed by atoms with Gasteiger partial charge in [0.15, 0.2) is 10.8 Å². The van der Waals surface area contributed by atoms with Crippen LogP contribution < -0.4 is 15.6 Å². The zero-order valence-electron chi connectivity index (χ0n) is 14.1. The number of fused-ring (bicyclic) bond motifs is 2. The highest BCUT2D eigenvalue weighted by atomic mass is 32.2. The van der Waals surface area contributed by atoms with E-state index in [1.54, 1.807) is 11.7 Å². The Morgan fingerprint density at radius 3 is 3.00 bits per heavy atom. The van der Waals surface area contributed by atoms with Crippen molar-refractivity contribution < 1.29 is 9.53 Å². The molecule has 1 aromatic carbocycles. The van der Waals surface area contributed by atoms with E-state index in [1.807, 2.05) is 24.3 Å². The maximum Gasteiger partial charge on any atom is 0.265 e. The summed E-state index contributed by atoms with van der Waals surface area (Å²) >= 11 is 1.48. The van der Waals surface area contributed by atoms with Crippen LogP contribution in [0.5, 0.6) is 5.75 Å². The van der Waals surface area contributed by atoms with E-state index in [0.29, 0.717) is 28.5 Å². The minimum absolute atomic E-state index is 0.0986. The molecule has 0 fully saturated rings. The number of aromatic amines is 1. The van der Waals surface area contributed by atoms with E-state index in [4.69, 9.17) is 4.74 Å². The van der Waals surface area contributed by atoms with Crippen molar-refractivity contribution in [3.63, 3.8) is 0 Å². The van der Waals surface area contributed by atoms with Gasteiger partial charge in [-0.15, -0.1) is 0 Å². The Morgan fingerprint density at radius 1 is 1.42 bits per heavy atom. The standard InChI is InChI=1S/C17H17N5O3S/c1-25-12-4-2-10(3-5-12)7-18-14(23)6-11-9-26-17-20-15-13(8-19-21-15)16(24)22(11)17/h2-5,8,11H,6-7,9H2,1H3,(H,18,23)(H,19,21). The van der Waals surface area contributed by atoms with E-state index in [1.165, 1.54) is 18.0 Å². The average Bonchev–Trinajstić information content (AvgIpc) is 3.28. The molecule has 134 valence electrons. The summed E-state index contributed by atoms with van der Waals surface area (Å²) in [4.78, 5) is 29.4. The number of hydrogen-bond donors (Lipinski definition) is 2. The molecular weight excluding hydrogens is 354 g/mol. The summed E-state index contributed by atoms with van der Waals surface area (Å²) in [5.74, 6) is 1.33. The smallest absolute Gasteiger partial charge is 0.265 e. The molecule has 0 aliphatic carbocycles. The van der Waals surface area contributed by atoms with Crippen molar-refractivity contribution in [1.82, 2.24) is 25.1 Å². The van der Waals surface area contributed by atoms with Crippen molar-refractivity contribution in [2.24, 2.45) is 0 Å². The van der Waals surface area contributed by atoms with Crippen LogP contribution in [0.25, 0.3) is 11.0 Å². The molecule has 26 heavy (non-hydrogen) atoms. The minimum Gasteiger partial charge on any atom is -0.497 e. The number of carbonyl (C=O) groups is 1. The van der Waals surface area contributed by atoms with Crippen LogP contribution in [0.3, 0.4) is 0 Å². The first-order valence-electron chi connectivity index (χ1n) is 8.14. The maximum atomic E-state index is 12.6. The summed E-state index contributed by atoms with van der Waals surface area (Å²) in [5.41, 5.74) is 1.31. The molecule has 0 saturated carbocycles. The lowest BCUT2D eigenvalue weighted by Gasteiger charge is -2.13. The molecule has 0 spiro atoms. The molecule has 1 atom stereocenters. The van der Waals surface area contributed by atoms with Gasteiger partial charge in [0.25, 0.3) is 5.56 Å². The molecule has 2 N–H and O–H groups in total. The highest BCUT2D eigenvalue weighted by Crippen LogP contribution is 2.32. The Balaban J connectivity index is 1.44. The zero-order valence-corrected chi connectivity index (χ0v) is 14.9. The monoisotopic (exact) mass is 371 g/mol. The number of benzene rings is 1. The van der Waals surface area contributed by atoms with Crippen LogP contribution >= 0.6 is 11.8 Å². The Hall–Kier alpha value is -2.81. The number of rotatable bonds is 5. The lowest BCUT2D eigenvalue weighted by molar-refractivity contribution is -0.121. The van der Waals surface area contributed by atoms with Crippen LogP contribution in [0.15, 0.2) is 40.4 Å². The van der Waals surface area contributed by atoms with Crippen LogP contribution in [0.2, 0.25) is 0 Å². The van der Waals surface area contributed by atoms with Crippen molar-refractivity contribution in [1.29, 1.82) is 0 Å². The van der Waals surface area contributed by atoms with Crippen LogP contribution in [-0.4, -0.2) is 38.5 Å². The lowest BCUT2D eigenvalue weighted by atomic mass is 10.2. The van der Waals surface area contributed by atoms with Crippen molar-refractivity contribution in [2.45, 2.75) is 24.2 Å². The Bertz CT molecular complexity index is 1010. The highest BCUT2D eigenvalue weighted by Gasteiger charge is 2.28. The van der Waals surface area contributed by atoms with Gasteiger partial charge in [-0.3, -0.25) is 19.3 Å². The molecule has 2 aromatic heterocycles. The average molecular weight is 371 g/mol. The molecular formula is C17H17N5O3S. The number of amides is 1. The van der Waals surface area contributed by atoms with Gasteiger partial charge in [0, 0.05) is 18.7 Å². The predicted molar refractivity (Wildman–Crippen MR) is 97.4 cm³/mol. The molecule has 0 saturated heterocycles. The van der Waals surface area contributed by atoms with Crippen molar-refractivity contribution >= 4 is 28.7 Å². The molecule has 3 aromatic rings. The fourth-order valence-electron chi connectivity index (χ4n) is 2.94. The van der Waals surface area contributed by atoms with Gasteiger partial charge in [-0.2, -0.15) is 5.10 Å². The number of nitrogens with zero attached hydrogens (tertiary/aromatic N) is 3. The fraction of sp³-hybridized carbons (Fsp3) is 0.294. The molecule has 0 radical (unpaired) electrons. The predicted octanol–water partition coefficient (Wildman–Crippen LogP) is 1.48. The molecule has 8 nitrogen and oxygen atoms in total. The first-order valence-corrected chi connectivity index (χ1v) is 9.12. The Kier molecular flexibility index (Phi) is 4.37. The number of H-pyrrole nitrogens is 1. The molecule has 9 heteroatoms. The molecule has 4 rings (SSSR count). The largest absolute Gasteiger partial charge is 0.497 e. The van der Waals surface area contributed by atoms with Gasteiger partial charge in [-0.25, -0.2) is 4.98 Å². The number of nitrogens with one attached hydrogen (secondary N) is 2. The number of carbonyl (C=O) groups excluding carboxylic acids is 1. The van der Waals surface area contributed by atoms with Crippen LogP contribution in [-0.2, 0) is 11.3 Å². The number of aromatic nitrogens is 4. The van der Waals surface area contributed by atoms with Gasteiger partial charge in [0.2, 0.25) is 5.91 Å². The molecule has 1 unspecified atom stereocenters. The first-order chi connectivity index (χ1) is 12.7. The molecule has 0 bridgehead atoms. The van der Waals surface area contributed by atoms with Gasteiger partial charge in [-0.1, -0.05) is 23.9 Å². The number of hydrogen-bond acceptors (Lipinski definition) is 6. The van der Waals surface area contributed by atoms with Gasteiger partial charge in [0.1, 0.15) is 11.1 Å². The number of ether oxygens (including phenoxy) is 1. The van der Waals surface area contributed by atoms with Gasteiger partial charge in [0.05, 0.1) is 19.3 Å². The van der Waals surface area contributed by atoms with E-state index >= 15 is 0 Å². The van der Waals surface area contributed by atoms with E-state index < -0.39 is 0 Å². The van der Waals surface area contributed by atoms with E-state index in [2.05, 4.69) is 20.5 Å². The van der Waals surface area contributed by atoms with Gasteiger partial charge in [-0.05, 0) is 17.7 Å². The third-order valence-electron chi connectivity index (χ3n) is 4.32. The Labute approximate surface area is 153 Å². The summed E-state index contributed by atoms with van der Waals surface area (Å²) in [6.45, 7) is 0.434. The Morgan fingerprint density at radius 2 is 2.23 bits per heavy atom. The second-order valence-electron chi connectivity index (χ2n) is 6.00. The van der Waals surface area contributed by atoms with Crippen molar-refractivity contribution in [3.8, 4) is 5.75 Å². The van der Waals surface area contributed by atoms with Gasteiger partial charge >= 0.3 is 0 Å². The van der Waals surface area contributed by atoms with E-state index in [0.717, 1.165) is 11.3 Å². The second kappa shape index (κ2) is 6.83. The van der Waals surface area contributed by atoms with Crippen molar-refractivity contribution in [2.75, 3.05) is 12.9 Å². The summed E-state index contributed by atoms with van der Waals surface area (Å²) in [6, 6.07) is 7.32. The van der Waals surface area contributed by atoms with Crippen LogP contribution in [0.4, 0.5) is 0 Å². The highest BCUT2D eigenvalue weighted by molar-refractivity contribution is 7.99. The number of thioether (sulfide) groups is 1. The van der Waals surface area contributed by atoms with E-state index in [9.17, 15) is 9.59 Å². The summed E-state index contributed by atoms with van der Waals surface area (Å²) < 4.78 is 6.72. The molecule has 1 aliphatic rings. The van der Waals surface area contributed by atoms with Crippen molar-refractivity contribution in [3.05, 3.63) is 46.4 Å². The van der Waals surface area contributed by atoms with Gasteiger partial charge < -0.3 is 10.1 Å². The first kappa shape index (κ1) is 16.6. The second-order valence-corrected chi connectivity index (χ2v) is 6.98. The maximum absolute atomic E-state index is 12.6. The van der Waals surface area contributed by atoms with E-state index in [-0.39, 0.29) is 23.9 Å². The fourth-order valence-corrected chi connectivity index (χ4v) is 4.07. The lowest BCUT2D eigenvalue weighted by Crippen LogP contribution is -2.30.